The summed E-state index contributed by atoms with van der Waals surface area (Å²) in [6.07, 6.45) is 3.18. The molecule has 1 aromatic heterocycles. The number of nitrogens with zero attached hydrogens (tertiary/aromatic N) is 1. The predicted molar refractivity (Wildman–Crippen MR) is 104 cm³/mol. The molecule has 0 aliphatic carbocycles. The first-order valence-corrected chi connectivity index (χ1v) is 10.6. The molecule has 9 heteroatoms. The normalized spacial score (nSPS) is 11.2. The Balaban J connectivity index is 1.68. The Labute approximate surface area is 160 Å². The van der Waals surface area contributed by atoms with Gasteiger partial charge in [0.05, 0.1) is 6.26 Å². The highest BCUT2D eigenvalue weighted by atomic mass is 32.2. The van der Waals surface area contributed by atoms with E-state index in [0.29, 0.717) is 22.8 Å². The zero-order chi connectivity index (χ0) is 19.4. The third kappa shape index (κ3) is 5.60. The number of sulfonamides is 1. The van der Waals surface area contributed by atoms with Gasteiger partial charge in [0, 0.05) is 28.7 Å². The molecule has 27 heavy (non-hydrogen) atoms. The molecule has 0 bridgehead atoms. The number of nitrogens with one attached hydrogen (secondary N) is 2. The summed E-state index contributed by atoms with van der Waals surface area (Å²) in [6, 6.07) is 12.5. The first-order chi connectivity index (χ1) is 12.8. The summed E-state index contributed by atoms with van der Waals surface area (Å²) in [4.78, 5) is 17.4. The van der Waals surface area contributed by atoms with E-state index in [4.69, 9.17) is 0 Å². The molecule has 2 N–H and O–H groups in total. The van der Waals surface area contributed by atoms with E-state index in [1.54, 1.807) is 30.5 Å². The van der Waals surface area contributed by atoms with Crippen molar-refractivity contribution in [1.82, 2.24) is 4.98 Å². The molecule has 0 aliphatic rings. The van der Waals surface area contributed by atoms with E-state index in [0.717, 1.165) is 16.7 Å². The van der Waals surface area contributed by atoms with Crippen LogP contribution in [0.4, 0.5) is 15.2 Å². The maximum atomic E-state index is 13.3. The molecule has 140 valence electrons. The van der Waals surface area contributed by atoms with E-state index in [2.05, 4.69) is 15.0 Å². The van der Waals surface area contributed by atoms with Crippen molar-refractivity contribution < 1.29 is 17.6 Å². The molecule has 0 atom stereocenters. The fourth-order valence-electron chi connectivity index (χ4n) is 2.40. The fourth-order valence-corrected chi connectivity index (χ4v) is 3.80. The minimum Gasteiger partial charge on any atom is -0.298 e. The fraction of sp³-hybridized carbons (Fsp3) is 0.111. The molecular formula is C18H16FN3O3S2. The van der Waals surface area contributed by atoms with Crippen LogP contribution in [0.25, 0.3) is 0 Å². The number of thiazole rings is 1. The Morgan fingerprint density at radius 2 is 1.96 bits per heavy atom. The van der Waals surface area contributed by atoms with Gasteiger partial charge in [-0.05, 0) is 35.9 Å². The standard InChI is InChI=1S/C18H16FN3O3S2/c1-27(24,25)22-15-7-3-5-13(10-15)17(23)21-18-20-11-16(26-18)9-12-4-2-6-14(19)8-12/h2-8,10-11,22H,9H2,1H3,(H,20,21,23). The molecule has 0 aliphatic heterocycles. The average Bonchev–Trinajstić information content (AvgIpc) is 3.00. The summed E-state index contributed by atoms with van der Waals surface area (Å²) in [7, 11) is -3.43. The Hall–Kier alpha value is -2.78. The molecule has 0 unspecified atom stereocenters. The van der Waals surface area contributed by atoms with Crippen molar-refractivity contribution in [3.05, 3.63) is 76.5 Å². The monoisotopic (exact) mass is 405 g/mol. The SMILES string of the molecule is CS(=O)(=O)Nc1cccc(C(=O)Nc2ncc(Cc3cccc(F)c3)s2)c1. The number of rotatable bonds is 6. The van der Waals surface area contributed by atoms with E-state index in [9.17, 15) is 17.6 Å². The first-order valence-electron chi connectivity index (χ1n) is 7.87. The summed E-state index contributed by atoms with van der Waals surface area (Å²) in [6.45, 7) is 0. The van der Waals surface area contributed by atoms with E-state index in [-0.39, 0.29) is 5.82 Å². The van der Waals surface area contributed by atoms with Gasteiger partial charge in [0.15, 0.2) is 5.13 Å². The van der Waals surface area contributed by atoms with Crippen molar-refractivity contribution in [2.24, 2.45) is 0 Å². The van der Waals surface area contributed by atoms with Gasteiger partial charge in [0.1, 0.15) is 5.82 Å². The molecule has 1 heterocycles. The summed E-state index contributed by atoms with van der Waals surface area (Å²) in [5.74, 6) is -0.702. The van der Waals surface area contributed by atoms with Crippen LogP contribution in [0.1, 0.15) is 20.8 Å². The maximum absolute atomic E-state index is 13.3. The molecule has 3 rings (SSSR count). The second-order valence-electron chi connectivity index (χ2n) is 5.85. The van der Waals surface area contributed by atoms with Crippen molar-refractivity contribution in [3.63, 3.8) is 0 Å². The van der Waals surface area contributed by atoms with Crippen molar-refractivity contribution in [1.29, 1.82) is 0 Å². The van der Waals surface area contributed by atoms with Gasteiger partial charge in [0.2, 0.25) is 10.0 Å². The molecule has 6 nitrogen and oxygen atoms in total. The topological polar surface area (TPSA) is 88.2 Å². The van der Waals surface area contributed by atoms with Gasteiger partial charge >= 0.3 is 0 Å². The first kappa shape index (κ1) is 19.0. The van der Waals surface area contributed by atoms with E-state index < -0.39 is 15.9 Å². The van der Waals surface area contributed by atoms with Crippen LogP contribution in [0.15, 0.2) is 54.7 Å². The molecule has 0 spiro atoms. The summed E-state index contributed by atoms with van der Waals surface area (Å²) < 4.78 is 38.2. The lowest BCUT2D eigenvalue weighted by Crippen LogP contribution is -2.13. The number of anilines is 2. The lowest BCUT2D eigenvalue weighted by atomic mass is 10.1. The van der Waals surface area contributed by atoms with Crippen LogP contribution in [0.2, 0.25) is 0 Å². The molecule has 2 aromatic carbocycles. The zero-order valence-electron chi connectivity index (χ0n) is 14.3. The van der Waals surface area contributed by atoms with Gasteiger partial charge in [-0.25, -0.2) is 17.8 Å². The van der Waals surface area contributed by atoms with Crippen molar-refractivity contribution in [3.8, 4) is 0 Å². The predicted octanol–water partition coefficient (Wildman–Crippen LogP) is 3.50. The molecular weight excluding hydrogens is 389 g/mol. The molecule has 0 saturated carbocycles. The molecule has 0 radical (unpaired) electrons. The van der Waals surface area contributed by atoms with Crippen LogP contribution < -0.4 is 10.0 Å². The third-order valence-corrected chi connectivity index (χ3v) is 4.99. The number of hydrogen-bond donors (Lipinski definition) is 2. The van der Waals surface area contributed by atoms with Gasteiger partial charge < -0.3 is 0 Å². The van der Waals surface area contributed by atoms with Crippen LogP contribution in [0.3, 0.4) is 0 Å². The Morgan fingerprint density at radius 3 is 2.70 bits per heavy atom. The van der Waals surface area contributed by atoms with Gasteiger partial charge in [-0.1, -0.05) is 18.2 Å². The van der Waals surface area contributed by atoms with Gasteiger partial charge in [0.25, 0.3) is 5.91 Å². The van der Waals surface area contributed by atoms with E-state index in [1.807, 2.05) is 6.07 Å². The number of aromatic nitrogens is 1. The Bertz CT molecular complexity index is 1080. The molecule has 1 amide bonds. The zero-order valence-corrected chi connectivity index (χ0v) is 15.9. The lowest BCUT2D eigenvalue weighted by Gasteiger charge is -2.06. The summed E-state index contributed by atoms with van der Waals surface area (Å²) in [5.41, 5.74) is 1.41. The average molecular weight is 405 g/mol. The smallest absolute Gasteiger partial charge is 0.257 e. The third-order valence-electron chi connectivity index (χ3n) is 3.47. The lowest BCUT2D eigenvalue weighted by molar-refractivity contribution is 0.102. The minimum absolute atomic E-state index is 0.297. The highest BCUT2D eigenvalue weighted by Crippen LogP contribution is 2.22. The second-order valence-corrected chi connectivity index (χ2v) is 8.71. The number of amides is 1. The highest BCUT2D eigenvalue weighted by Gasteiger charge is 2.11. The Morgan fingerprint density at radius 1 is 1.19 bits per heavy atom. The van der Waals surface area contributed by atoms with Crippen LogP contribution >= 0.6 is 11.3 Å². The number of carbonyl (C=O) groups excluding carboxylic acids is 1. The van der Waals surface area contributed by atoms with Crippen molar-refractivity contribution >= 4 is 38.1 Å². The van der Waals surface area contributed by atoms with E-state index in [1.165, 1.54) is 29.5 Å². The van der Waals surface area contributed by atoms with Crippen LogP contribution in [0, 0.1) is 5.82 Å². The van der Waals surface area contributed by atoms with Gasteiger partial charge in [-0.2, -0.15) is 0 Å². The largest absolute Gasteiger partial charge is 0.298 e. The second kappa shape index (κ2) is 7.85. The number of halogens is 1. The Kier molecular flexibility index (Phi) is 5.52. The van der Waals surface area contributed by atoms with Crippen LogP contribution in [-0.2, 0) is 16.4 Å². The quantitative estimate of drug-likeness (QED) is 0.657. The summed E-state index contributed by atoms with van der Waals surface area (Å²) in [5, 5.41) is 3.09. The molecule has 0 saturated heterocycles. The minimum atomic E-state index is -3.43. The number of hydrogen-bond acceptors (Lipinski definition) is 5. The van der Waals surface area contributed by atoms with E-state index >= 15 is 0 Å². The molecule has 3 aromatic rings. The van der Waals surface area contributed by atoms with Crippen LogP contribution in [0.5, 0.6) is 0 Å². The highest BCUT2D eigenvalue weighted by molar-refractivity contribution is 7.92. The van der Waals surface area contributed by atoms with Gasteiger partial charge in [-0.15, -0.1) is 11.3 Å². The molecule has 0 fully saturated rings. The maximum Gasteiger partial charge on any atom is 0.257 e. The van der Waals surface area contributed by atoms with Crippen molar-refractivity contribution in [2.45, 2.75) is 6.42 Å². The number of benzene rings is 2. The van der Waals surface area contributed by atoms with Crippen LogP contribution in [-0.4, -0.2) is 25.6 Å². The van der Waals surface area contributed by atoms with Gasteiger partial charge in [-0.3, -0.25) is 14.8 Å². The number of carbonyl (C=O) groups is 1. The van der Waals surface area contributed by atoms with Crippen molar-refractivity contribution in [2.75, 3.05) is 16.3 Å². The summed E-state index contributed by atoms with van der Waals surface area (Å²) >= 11 is 1.29.